The number of allylic oxidation sites excluding steroid dienone is 2. The number of rotatable bonds is 2. The average Bonchev–Trinajstić information content (AvgIpc) is 2.97. The molecule has 1 amide bonds. The number of amides is 1. The van der Waals surface area contributed by atoms with Crippen LogP contribution in [-0.2, 0) is 19.1 Å². The Hall–Kier alpha value is -1.65. The van der Waals surface area contributed by atoms with E-state index in [9.17, 15) is 14.4 Å². The standard InChI is InChI=1S/C24H33NO4/c1-12(2)14-11-24-9-6-15-22(3,7-5-8-23(15,4)21(25)28)16(24)10-13(14)17-18(24)20(27)29-19(17)26/h11-13,15-18H,5-10H2,1-4H3,(H2,25,28). The summed E-state index contributed by atoms with van der Waals surface area (Å²) >= 11 is 0. The molecule has 1 spiro atoms. The molecule has 1 saturated heterocycles. The van der Waals surface area contributed by atoms with E-state index in [-0.39, 0.29) is 52.3 Å². The highest BCUT2D eigenvalue weighted by atomic mass is 16.6. The van der Waals surface area contributed by atoms with Gasteiger partial charge in [-0.25, -0.2) is 0 Å². The first-order chi connectivity index (χ1) is 13.6. The van der Waals surface area contributed by atoms with Crippen LogP contribution in [0.1, 0.15) is 66.2 Å². The van der Waals surface area contributed by atoms with Gasteiger partial charge in [-0.1, -0.05) is 45.8 Å². The fourth-order valence-electron chi connectivity index (χ4n) is 8.80. The van der Waals surface area contributed by atoms with E-state index in [1.165, 1.54) is 5.57 Å². The number of primary amides is 1. The molecule has 4 fully saturated rings. The molecule has 1 heterocycles. The summed E-state index contributed by atoms with van der Waals surface area (Å²) in [5.41, 5.74) is 6.42. The van der Waals surface area contributed by atoms with Gasteiger partial charge in [-0.2, -0.15) is 0 Å². The van der Waals surface area contributed by atoms with E-state index < -0.39 is 5.41 Å². The van der Waals surface area contributed by atoms with Crippen molar-refractivity contribution < 1.29 is 19.1 Å². The van der Waals surface area contributed by atoms with Crippen LogP contribution in [0.3, 0.4) is 0 Å². The number of hydrogen-bond donors (Lipinski definition) is 1. The second-order valence-corrected chi connectivity index (χ2v) is 11.3. The number of carbonyl (C=O) groups is 3. The third-order valence-electron chi connectivity index (χ3n) is 9.97. The fourth-order valence-corrected chi connectivity index (χ4v) is 8.80. The highest BCUT2D eigenvalue weighted by molar-refractivity contribution is 5.98. The van der Waals surface area contributed by atoms with Crippen LogP contribution in [0.5, 0.6) is 0 Å². The SMILES string of the molecule is CC(C)C1=CC23CCC4C(C)(C(N)=O)CCCC4(C)C2CC1C1C(=O)OC(=O)C13. The minimum absolute atomic E-state index is 0.0472. The summed E-state index contributed by atoms with van der Waals surface area (Å²) in [5, 5.41) is 0. The Kier molecular flexibility index (Phi) is 3.82. The van der Waals surface area contributed by atoms with E-state index >= 15 is 0 Å². The smallest absolute Gasteiger partial charge is 0.318 e. The molecule has 8 atom stereocenters. The Morgan fingerprint density at radius 3 is 2.52 bits per heavy atom. The Morgan fingerprint density at radius 1 is 1.14 bits per heavy atom. The maximum atomic E-state index is 12.9. The Balaban J connectivity index is 1.67. The van der Waals surface area contributed by atoms with Crippen LogP contribution >= 0.6 is 0 Å². The van der Waals surface area contributed by atoms with Crippen molar-refractivity contribution in [2.75, 3.05) is 0 Å². The number of fused-ring (bicyclic) bond motifs is 1. The van der Waals surface area contributed by atoms with Gasteiger partial charge in [-0.3, -0.25) is 14.4 Å². The van der Waals surface area contributed by atoms with Gasteiger partial charge >= 0.3 is 11.9 Å². The van der Waals surface area contributed by atoms with E-state index in [4.69, 9.17) is 10.5 Å². The lowest BCUT2D eigenvalue weighted by Crippen LogP contribution is -2.65. The summed E-state index contributed by atoms with van der Waals surface area (Å²) in [6.45, 7) is 8.77. The van der Waals surface area contributed by atoms with Crippen molar-refractivity contribution in [1.82, 2.24) is 0 Å². The molecule has 29 heavy (non-hydrogen) atoms. The van der Waals surface area contributed by atoms with Gasteiger partial charge in [0.05, 0.1) is 11.8 Å². The molecule has 2 N–H and O–H groups in total. The first-order valence-electron chi connectivity index (χ1n) is 11.3. The monoisotopic (exact) mass is 399 g/mol. The zero-order valence-electron chi connectivity index (χ0n) is 18.0. The van der Waals surface area contributed by atoms with Crippen LogP contribution < -0.4 is 5.73 Å². The van der Waals surface area contributed by atoms with Gasteiger partial charge in [0.2, 0.25) is 5.91 Å². The van der Waals surface area contributed by atoms with Gasteiger partial charge in [0.1, 0.15) is 0 Å². The van der Waals surface area contributed by atoms with Crippen molar-refractivity contribution in [3.63, 3.8) is 0 Å². The zero-order chi connectivity index (χ0) is 20.9. The topological polar surface area (TPSA) is 86.5 Å². The largest absolute Gasteiger partial charge is 0.393 e. The van der Waals surface area contributed by atoms with Crippen LogP contribution in [0, 0.1) is 51.8 Å². The summed E-state index contributed by atoms with van der Waals surface area (Å²) in [6, 6.07) is 0. The number of cyclic esters (lactones) is 2. The van der Waals surface area contributed by atoms with Crippen LogP contribution in [0.4, 0.5) is 0 Å². The van der Waals surface area contributed by atoms with Crippen molar-refractivity contribution in [1.29, 1.82) is 0 Å². The highest BCUT2D eigenvalue weighted by Crippen LogP contribution is 2.74. The molecule has 6 rings (SSSR count). The molecule has 0 radical (unpaired) electrons. The molecular formula is C24H33NO4. The molecular weight excluding hydrogens is 366 g/mol. The summed E-state index contributed by atoms with van der Waals surface area (Å²) in [4.78, 5) is 38.1. The molecule has 8 unspecified atom stereocenters. The van der Waals surface area contributed by atoms with Gasteiger partial charge in [0.15, 0.2) is 0 Å². The van der Waals surface area contributed by atoms with E-state index in [2.05, 4.69) is 33.8 Å². The Labute approximate surface area is 172 Å². The molecule has 0 aromatic carbocycles. The summed E-state index contributed by atoms with van der Waals surface area (Å²) in [7, 11) is 0. The Morgan fingerprint density at radius 2 is 1.86 bits per heavy atom. The normalized spacial score (nSPS) is 50.5. The first-order valence-corrected chi connectivity index (χ1v) is 11.3. The Bertz CT molecular complexity index is 846. The minimum atomic E-state index is -0.485. The second kappa shape index (κ2) is 5.73. The van der Waals surface area contributed by atoms with Crippen LogP contribution in [0.15, 0.2) is 11.6 Å². The van der Waals surface area contributed by atoms with Gasteiger partial charge in [0, 0.05) is 10.8 Å². The summed E-state index contributed by atoms with van der Waals surface area (Å²) in [6.07, 6.45) is 7.94. The number of esters is 2. The molecule has 5 nitrogen and oxygen atoms in total. The average molecular weight is 400 g/mol. The van der Waals surface area contributed by atoms with E-state index in [1.54, 1.807) is 0 Å². The minimum Gasteiger partial charge on any atom is -0.393 e. The molecule has 1 aliphatic heterocycles. The quantitative estimate of drug-likeness (QED) is 0.437. The highest BCUT2D eigenvalue weighted by Gasteiger charge is 2.72. The van der Waals surface area contributed by atoms with E-state index in [0.717, 1.165) is 38.5 Å². The first kappa shape index (κ1) is 19.3. The van der Waals surface area contributed by atoms with E-state index in [1.807, 2.05) is 0 Å². The van der Waals surface area contributed by atoms with Gasteiger partial charge in [-0.15, -0.1) is 0 Å². The van der Waals surface area contributed by atoms with Crippen LogP contribution in [0.25, 0.3) is 0 Å². The molecule has 5 heteroatoms. The van der Waals surface area contributed by atoms with Crippen molar-refractivity contribution >= 4 is 17.8 Å². The van der Waals surface area contributed by atoms with Crippen molar-refractivity contribution in [2.45, 2.75) is 66.2 Å². The van der Waals surface area contributed by atoms with Crippen LogP contribution in [-0.4, -0.2) is 17.8 Å². The maximum Gasteiger partial charge on any atom is 0.318 e. The van der Waals surface area contributed by atoms with Gasteiger partial charge in [0.25, 0.3) is 0 Å². The molecule has 2 bridgehead atoms. The molecule has 0 aromatic heterocycles. The molecule has 5 aliphatic carbocycles. The molecule has 3 saturated carbocycles. The van der Waals surface area contributed by atoms with Crippen molar-refractivity contribution in [3.8, 4) is 0 Å². The van der Waals surface area contributed by atoms with Crippen molar-refractivity contribution in [3.05, 3.63) is 11.6 Å². The summed E-state index contributed by atoms with van der Waals surface area (Å²) in [5.74, 6) is -0.502. The molecule has 0 aromatic rings. The lowest BCUT2D eigenvalue weighted by atomic mass is 9.34. The van der Waals surface area contributed by atoms with Gasteiger partial charge in [-0.05, 0) is 61.2 Å². The molecule has 158 valence electrons. The summed E-state index contributed by atoms with van der Waals surface area (Å²) < 4.78 is 5.22. The number of carbonyl (C=O) groups excluding carboxylic acids is 3. The number of nitrogens with two attached hydrogens (primary N) is 1. The second-order valence-electron chi connectivity index (χ2n) is 11.3. The molecule has 6 aliphatic rings. The van der Waals surface area contributed by atoms with E-state index in [0.29, 0.717) is 11.8 Å². The fraction of sp³-hybridized carbons (Fsp3) is 0.792. The predicted octanol–water partition coefficient (Wildman–Crippen LogP) is 3.61. The van der Waals surface area contributed by atoms with Crippen LogP contribution in [0.2, 0.25) is 0 Å². The lowest BCUT2D eigenvalue weighted by molar-refractivity contribution is -0.186. The lowest BCUT2D eigenvalue weighted by Gasteiger charge is -2.68. The number of hydrogen-bond acceptors (Lipinski definition) is 4. The third kappa shape index (κ3) is 2.14. The van der Waals surface area contributed by atoms with Crippen molar-refractivity contribution in [2.24, 2.45) is 57.5 Å². The third-order valence-corrected chi connectivity index (χ3v) is 9.97. The zero-order valence-corrected chi connectivity index (χ0v) is 18.0. The predicted molar refractivity (Wildman–Crippen MR) is 107 cm³/mol. The number of ether oxygens (including phenoxy) is 1. The van der Waals surface area contributed by atoms with Gasteiger partial charge < -0.3 is 10.5 Å². The maximum absolute atomic E-state index is 12.9.